The van der Waals surface area contributed by atoms with Gasteiger partial charge in [0, 0.05) is 0 Å². The van der Waals surface area contributed by atoms with E-state index < -0.39 is 92.9 Å². The van der Waals surface area contributed by atoms with E-state index in [4.69, 9.17) is 14.2 Å². The number of cyclic esters (lactones) is 6. The molecule has 3 unspecified atom stereocenters. The molecule has 0 aromatic carbocycles. The van der Waals surface area contributed by atoms with Crippen molar-refractivity contribution in [1.82, 2.24) is 0 Å². The van der Waals surface area contributed by atoms with Gasteiger partial charge in [0.15, 0.2) is 23.9 Å². The Bertz CT molecular complexity index is 792. The van der Waals surface area contributed by atoms with Crippen LogP contribution in [-0.2, 0) is 57.0 Å². The molecule has 3 saturated heterocycles. The standard InChI is InChI=1S/C18H20O16/c19-12(26-3-9-6-29-15(22)32-9)1-18(25,14(21)28-5-11-8-31-17(24)34-11)2-13(20)27-4-10-7-30-16(23)33-10/h9-11,25H,1-8H2. The van der Waals surface area contributed by atoms with Gasteiger partial charge in [-0.05, 0) is 0 Å². The minimum absolute atomic E-state index is 0.164. The van der Waals surface area contributed by atoms with Gasteiger partial charge in [-0.1, -0.05) is 0 Å². The first-order chi connectivity index (χ1) is 16.1. The van der Waals surface area contributed by atoms with Gasteiger partial charge in [-0.25, -0.2) is 19.2 Å². The molecular weight excluding hydrogens is 472 g/mol. The van der Waals surface area contributed by atoms with Crippen LogP contribution in [0.5, 0.6) is 0 Å². The molecule has 1 N–H and O–H groups in total. The summed E-state index contributed by atoms with van der Waals surface area (Å²) in [6, 6.07) is 0. The van der Waals surface area contributed by atoms with Crippen LogP contribution in [0.3, 0.4) is 0 Å². The Hall–Kier alpha value is -3.82. The maximum atomic E-state index is 12.5. The van der Waals surface area contributed by atoms with Crippen molar-refractivity contribution in [1.29, 1.82) is 0 Å². The first-order valence-corrected chi connectivity index (χ1v) is 9.84. The van der Waals surface area contributed by atoms with Crippen LogP contribution in [0.15, 0.2) is 0 Å². The SMILES string of the molecule is O=C(CC(O)(CC(=O)OCC1COC(=O)O1)C(=O)OCC1COC(=O)O1)OCC1COC(=O)O1. The number of esters is 3. The van der Waals surface area contributed by atoms with E-state index in [1.807, 2.05) is 0 Å². The number of aliphatic hydroxyl groups is 1. The van der Waals surface area contributed by atoms with Crippen LogP contribution in [0.4, 0.5) is 14.4 Å². The first kappa shape index (κ1) is 24.8. The maximum absolute atomic E-state index is 12.5. The predicted molar refractivity (Wildman–Crippen MR) is 95.7 cm³/mol. The van der Waals surface area contributed by atoms with Crippen molar-refractivity contribution in [3.8, 4) is 0 Å². The van der Waals surface area contributed by atoms with Crippen LogP contribution in [0, 0.1) is 0 Å². The number of ether oxygens (including phenoxy) is 9. The largest absolute Gasteiger partial charge is 0.508 e. The molecule has 0 amide bonds. The van der Waals surface area contributed by atoms with Gasteiger partial charge in [0.1, 0.15) is 39.6 Å². The molecule has 0 saturated carbocycles. The third kappa shape index (κ3) is 7.09. The Labute approximate surface area is 190 Å². The van der Waals surface area contributed by atoms with Crippen molar-refractivity contribution in [2.45, 2.75) is 36.8 Å². The molecule has 3 aliphatic rings. The lowest BCUT2D eigenvalue weighted by Crippen LogP contribution is -2.46. The summed E-state index contributed by atoms with van der Waals surface area (Å²) in [7, 11) is 0. The molecule has 0 aromatic heterocycles. The normalized spacial score (nSPS) is 25.0. The van der Waals surface area contributed by atoms with E-state index in [0.717, 1.165) is 0 Å². The van der Waals surface area contributed by atoms with E-state index in [0.29, 0.717) is 0 Å². The Morgan fingerprint density at radius 2 is 1.06 bits per heavy atom. The van der Waals surface area contributed by atoms with Crippen molar-refractivity contribution in [2.24, 2.45) is 0 Å². The van der Waals surface area contributed by atoms with Crippen LogP contribution in [0.1, 0.15) is 12.8 Å². The topological polar surface area (TPSA) is 206 Å². The number of hydrogen-bond acceptors (Lipinski definition) is 16. The zero-order chi connectivity index (χ0) is 24.7. The summed E-state index contributed by atoms with van der Waals surface area (Å²) in [6.45, 7) is -1.92. The highest BCUT2D eigenvalue weighted by Crippen LogP contribution is 2.21. The number of carbonyl (C=O) groups excluding carboxylic acids is 6. The molecule has 3 atom stereocenters. The monoisotopic (exact) mass is 492 g/mol. The third-order valence-electron chi connectivity index (χ3n) is 4.46. The van der Waals surface area contributed by atoms with Gasteiger partial charge < -0.3 is 47.7 Å². The second kappa shape index (κ2) is 10.9. The van der Waals surface area contributed by atoms with Gasteiger partial charge in [-0.2, -0.15) is 0 Å². The number of carbonyl (C=O) groups is 6. The van der Waals surface area contributed by atoms with Crippen LogP contribution in [0.2, 0.25) is 0 Å². The van der Waals surface area contributed by atoms with Gasteiger partial charge >= 0.3 is 36.4 Å². The van der Waals surface area contributed by atoms with Gasteiger partial charge in [-0.15, -0.1) is 0 Å². The fourth-order valence-corrected chi connectivity index (χ4v) is 2.80. The summed E-state index contributed by atoms with van der Waals surface area (Å²) < 4.78 is 42.3. The van der Waals surface area contributed by atoms with E-state index in [2.05, 4.69) is 28.4 Å². The highest BCUT2D eigenvalue weighted by atomic mass is 16.8. The van der Waals surface area contributed by atoms with Crippen LogP contribution in [0.25, 0.3) is 0 Å². The molecule has 0 bridgehead atoms. The fraction of sp³-hybridized carbons (Fsp3) is 0.667. The molecule has 16 heteroatoms. The lowest BCUT2D eigenvalue weighted by Gasteiger charge is -2.25. The Kier molecular flexibility index (Phi) is 7.93. The summed E-state index contributed by atoms with van der Waals surface area (Å²) in [5.74, 6) is -3.68. The quantitative estimate of drug-likeness (QED) is 0.264. The first-order valence-electron chi connectivity index (χ1n) is 9.84. The number of rotatable bonds is 11. The smallest absolute Gasteiger partial charge is 0.461 e. The molecular formula is C18H20O16. The fourth-order valence-electron chi connectivity index (χ4n) is 2.80. The van der Waals surface area contributed by atoms with Gasteiger partial charge in [0.2, 0.25) is 0 Å². The maximum Gasteiger partial charge on any atom is 0.508 e. The van der Waals surface area contributed by atoms with Crippen molar-refractivity contribution in [3.63, 3.8) is 0 Å². The van der Waals surface area contributed by atoms with E-state index >= 15 is 0 Å². The molecule has 3 heterocycles. The zero-order valence-corrected chi connectivity index (χ0v) is 17.5. The lowest BCUT2D eigenvalue weighted by molar-refractivity contribution is -0.180. The zero-order valence-electron chi connectivity index (χ0n) is 17.5. The van der Waals surface area contributed by atoms with E-state index in [1.54, 1.807) is 0 Å². The Balaban J connectivity index is 1.55. The average Bonchev–Trinajstić information content (AvgIpc) is 3.50. The van der Waals surface area contributed by atoms with Gasteiger partial charge in [0.25, 0.3) is 0 Å². The summed E-state index contributed by atoms with van der Waals surface area (Å²) >= 11 is 0. The van der Waals surface area contributed by atoms with Crippen molar-refractivity contribution in [2.75, 3.05) is 39.6 Å². The molecule has 3 aliphatic heterocycles. The van der Waals surface area contributed by atoms with Crippen LogP contribution in [-0.4, -0.2) is 105 Å². The summed E-state index contributed by atoms with van der Waals surface area (Å²) in [5.41, 5.74) is -2.73. The molecule has 0 spiro atoms. The highest BCUT2D eigenvalue weighted by molar-refractivity contribution is 5.90. The molecule has 0 aliphatic carbocycles. The second-order valence-corrected chi connectivity index (χ2v) is 7.25. The van der Waals surface area contributed by atoms with Gasteiger partial charge in [0.05, 0.1) is 12.8 Å². The van der Waals surface area contributed by atoms with E-state index in [9.17, 15) is 33.9 Å². The van der Waals surface area contributed by atoms with E-state index in [1.165, 1.54) is 0 Å². The summed E-state index contributed by atoms with van der Waals surface area (Å²) in [4.78, 5) is 69.7. The third-order valence-corrected chi connectivity index (χ3v) is 4.46. The highest BCUT2D eigenvalue weighted by Gasteiger charge is 2.44. The molecule has 3 rings (SSSR count). The molecule has 0 aromatic rings. The number of hydrogen-bond donors (Lipinski definition) is 1. The lowest BCUT2D eigenvalue weighted by atomic mass is 9.95. The average molecular weight is 492 g/mol. The van der Waals surface area contributed by atoms with Crippen LogP contribution < -0.4 is 0 Å². The Morgan fingerprint density at radius 3 is 1.38 bits per heavy atom. The van der Waals surface area contributed by atoms with E-state index in [-0.39, 0.29) is 19.8 Å². The summed E-state index contributed by atoms with van der Waals surface area (Å²) in [6.07, 6.45) is -7.65. The van der Waals surface area contributed by atoms with Gasteiger partial charge in [-0.3, -0.25) is 9.59 Å². The summed E-state index contributed by atoms with van der Waals surface area (Å²) in [5, 5.41) is 10.8. The Morgan fingerprint density at radius 1 is 0.706 bits per heavy atom. The molecule has 0 radical (unpaired) electrons. The van der Waals surface area contributed by atoms with Crippen molar-refractivity contribution < 1.29 is 76.5 Å². The molecule has 16 nitrogen and oxygen atoms in total. The minimum atomic E-state index is -2.73. The predicted octanol–water partition coefficient (Wildman–Crippen LogP) is -1.27. The minimum Gasteiger partial charge on any atom is -0.461 e. The van der Waals surface area contributed by atoms with Crippen LogP contribution >= 0.6 is 0 Å². The molecule has 188 valence electrons. The van der Waals surface area contributed by atoms with Crippen molar-refractivity contribution >= 4 is 36.4 Å². The molecule has 34 heavy (non-hydrogen) atoms. The molecule has 3 fully saturated rings. The second-order valence-electron chi connectivity index (χ2n) is 7.25. The van der Waals surface area contributed by atoms with Crippen molar-refractivity contribution in [3.05, 3.63) is 0 Å².